The van der Waals surface area contributed by atoms with Crippen molar-refractivity contribution < 1.29 is 28.5 Å². The van der Waals surface area contributed by atoms with Gasteiger partial charge < -0.3 is 34.1 Å². The van der Waals surface area contributed by atoms with Crippen molar-refractivity contribution in [1.82, 2.24) is 9.80 Å². The van der Waals surface area contributed by atoms with Gasteiger partial charge in [0.15, 0.2) is 29.3 Å². The fourth-order valence-electron chi connectivity index (χ4n) is 6.60. The van der Waals surface area contributed by atoms with Gasteiger partial charge in [0.1, 0.15) is 0 Å². The number of fused-ring (bicyclic) bond motifs is 2. The van der Waals surface area contributed by atoms with Crippen molar-refractivity contribution >= 4 is 64.2 Å². The summed E-state index contributed by atoms with van der Waals surface area (Å²) in [6, 6.07) is 19.0. The van der Waals surface area contributed by atoms with Gasteiger partial charge in [0.25, 0.3) is 5.91 Å². The Morgan fingerprint density at radius 2 is 1.70 bits per heavy atom. The van der Waals surface area contributed by atoms with E-state index in [2.05, 4.69) is 46.1 Å². The SMILES string of the molecule is CNc1ccc(C2=CN3C(=O)c4cc(OC)c(OCCCOc5cc(N=CC6CC(c7cccs7)=CN6C)c(C=O)cc5OC)cc4N=CC3C2)cc1. The number of carbonyl (C=O) groups excluding carboxylic acids is 2. The molecule has 272 valence electrons. The molecule has 2 unspecified atom stereocenters. The summed E-state index contributed by atoms with van der Waals surface area (Å²) in [5.41, 5.74) is 6.33. The molecule has 1 amide bonds. The van der Waals surface area contributed by atoms with Gasteiger partial charge in [0, 0.05) is 86.4 Å². The van der Waals surface area contributed by atoms with Gasteiger partial charge in [-0.25, -0.2) is 0 Å². The number of nitrogens with one attached hydrogen (secondary N) is 1. The Kier molecular flexibility index (Phi) is 10.6. The van der Waals surface area contributed by atoms with E-state index < -0.39 is 0 Å². The van der Waals surface area contributed by atoms with E-state index in [0.29, 0.717) is 71.6 Å². The van der Waals surface area contributed by atoms with E-state index in [0.717, 1.165) is 29.5 Å². The summed E-state index contributed by atoms with van der Waals surface area (Å²) in [6.07, 6.45) is 10.6. The lowest BCUT2D eigenvalue weighted by Crippen LogP contribution is -2.32. The van der Waals surface area contributed by atoms with E-state index in [1.807, 2.05) is 44.9 Å². The van der Waals surface area contributed by atoms with Crippen molar-refractivity contribution in [3.8, 4) is 23.0 Å². The molecular formula is C41H41N5O6S. The van der Waals surface area contributed by atoms with E-state index >= 15 is 0 Å². The number of aldehydes is 1. The fraction of sp³-hybridized carbons (Fsp3) is 0.268. The Bertz CT molecular complexity index is 2110. The summed E-state index contributed by atoms with van der Waals surface area (Å²) in [4.78, 5) is 40.2. The molecule has 53 heavy (non-hydrogen) atoms. The van der Waals surface area contributed by atoms with Crippen LogP contribution in [0.1, 0.15) is 50.4 Å². The molecular weight excluding hydrogens is 691 g/mol. The number of methoxy groups -OCH3 is 2. The van der Waals surface area contributed by atoms with Crippen LogP contribution < -0.4 is 24.3 Å². The van der Waals surface area contributed by atoms with Crippen molar-refractivity contribution in [1.29, 1.82) is 0 Å². The lowest BCUT2D eigenvalue weighted by molar-refractivity contribution is 0.0817. The summed E-state index contributed by atoms with van der Waals surface area (Å²) < 4.78 is 23.4. The van der Waals surface area contributed by atoms with Crippen LogP contribution in [0.3, 0.4) is 0 Å². The van der Waals surface area contributed by atoms with Gasteiger partial charge in [0.2, 0.25) is 0 Å². The topological polar surface area (TPSA) is 114 Å². The van der Waals surface area contributed by atoms with Crippen LogP contribution in [0.25, 0.3) is 11.1 Å². The number of benzene rings is 3. The number of aliphatic imine (C=N–C) groups is 2. The highest BCUT2D eigenvalue weighted by Crippen LogP contribution is 2.40. The van der Waals surface area contributed by atoms with Crippen molar-refractivity contribution in [3.63, 3.8) is 0 Å². The van der Waals surface area contributed by atoms with Crippen LogP contribution in [-0.2, 0) is 0 Å². The van der Waals surface area contributed by atoms with Gasteiger partial charge in [-0.05, 0) is 52.4 Å². The third kappa shape index (κ3) is 7.54. The highest BCUT2D eigenvalue weighted by molar-refractivity contribution is 7.11. The molecule has 3 aliphatic heterocycles. The van der Waals surface area contributed by atoms with Crippen LogP contribution >= 0.6 is 11.3 Å². The number of ether oxygens (including phenoxy) is 4. The van der Waals surface area contributed by atoms with Crippen molar-refractivity contribution in [3.05, 3.63) is 100 Å². The molecule has 0 saturated carbocycles. The predicted octanol–water partition coefficient (Wildman–Crippen LogP) is 7.89. The van der Waals surface area contributed by atoms with E-state index in [4.69, 9.17) is 28.9 Å². The molecule has 0 fully saturated rings. The number of thiophene rings is 1. The summed E-state index contributed by atoms with van der Waals surface area (Å²) in [7, 11) is 7.00. The second-order valence-corrected chi connectivity index (χ2v) is 13.8. The molecule has 0 radical (unpaired) electrons. The van der Waals surface area contributed by atoms with Gasteiger partial charge in [-0.3, -0.25) is 19.6 Å². The van der Waals surface area contributed by atoms with Crippen LogP contribution in [0.15, 0.2) is 88.4 Å². The standard InChI is InChI=1S/C41H41N5O6S/c1-42-30-10-8-26(9-11-30)27-15-32-22-44-35-20-39(37(50-4)18-33(35)41(48)46(32)24-27)52-13-6-12-51-38-19-34(29(25-47)17-36(38)49-3)43-21-31-16-28(23-45(31)2)40-7-5-14-53-40/h5,7-11,14,17-25,31-32,42H,6,12-13,15-16H2,1-4H3. The molecule has 1 N–H and O–H groups in total. The Balaban J connectivity index is 0.980. The average Bonchev–Trinajstić information content (AvgIpc) is 3.95. The Morgan fingerprint density at radius 1 is 0.943 bits per heavy atom. The number of rotatable bonds is 14. The smallest absolute Gasteiger partial charge is 0.260 e. The minimum atomic E-state index is -0.185. The Labute approximate surface area is 312 Å². The summed E-state index contributed by atoms with van der Waals surface area (Å²) >= 11 is 1.72. The number of nitrogens with zero attached hydrogens (tertiary/aromatic N) is 4. The maximum Gasteiger partial charge on any atom is 0.260 e. The first-order valence-electron chi connectivity index (χ1n) is 17.4. The van der Waals surface area contributed by atoms with Crippen LogP contribution in [-0.4, -0.2) is 88.0 Å². The zero-order valence-corrected chi connectivity index (χ0v) is 30.9. The second-order valence-electron chi connectivity index (χ2n) is 12.8. The maximum absolute atomic E-state index is 13.7. The summed E-state index contributed by atoms with van der Waals surface area (Å²) in [5.74, 6) is 1.70. The van der Waals surface area contributed by atoms with Gasteiger partial charge in [0.05, 0.1) is 56.5 Å². The van der Waals surface area contributed by atoms with Gasteiger partial charge >= 0.3 is 0 Å². The van der Waals surface area contributed by atoms with E-state index in [-0.39, 0.29) is 18.0 Å². The van der Waals surface area contributed by atoms with Gasteiger partial charge in [-0.2, -0.15) is 0 Å². The first-order valence-corrected chi connectivity index (χ1v) is 18.3. The van der Waals surface area contributed by atoms with E-state index in [1.165, 1.54) is 17.6 Å². The van der Waals surface area contributed by atoms with Crippen molar-refractivity contribution in [2.75, 3.05) is 46.8 Å². The molecule has 1 aromatic heterocycles. The van der Waals surface area contributed by atoms with Crippen LogP contribution in [0.4, 0.5) is 17.1 Å². The monoisotopic (exact) mass is 731 g/mol. The molecule has 4 heterocycles. The Hall–Kier alpha value is -5.88. The maximum atomic E-state index is 13.7. The molecule has 0 bridgehead atoms. The molecule has 11 nitrogen and oxygen atoms in total. The predicted molar refractivity (Wildman–Crippen MR) is 210 cm³/mol. The highest BCUT2D eigenvalue weighted by Gasteiger charge is 2.33. The van der Waals surface area contributed by atoms with Crippen molar-refractivity contribution in [2.45, 2.75) is 31.3 Å². The molecule has 0 saturated heterocycles. The fourth-order valence-corrected chi connectivity index (χ4v) is 7.35. The van der Waals surface area contributed by atoms with E-state index in [9.17, 15) is 9.59 Å². The molecule has 12 heteroatoms. The normalized spacial score (nSPS) is 17.6. The lowest BCUT2D eigenvalue weighted by atomic mass is 10.0. The molecule has 7 rings (SSSR count). The number of anilines is 1. The largest absolute Gasteiger partial charge is 0.493 e. The molecule has 4 aromatic rings. The quantitative estimate of drug-likeness (QED) is 0.0792. The summed E-state index contributed by atoms with van der Waals surface area (Å²) in [5, 5.41) is 5.21. The third-order valence-electron chi connectivity index (χ3n) is 9.54. The third-order valence-corrected chi connectivity index (χ3v) is 10.5. The number of hydrogen-bond acceptors (Lipinski definition) is 11. The minimum Gasteiger partial charge on any atom is -0.493 e. The highest BCUT2D eigenvalue weighted by atomic mass is 32.1. The minimum absolute atomic E-state index is 0.0674. The number of amides is 1. The van der Waals surface area contributed by atoms with Crippen LogP contribution in [0.2, 0.25) is 0 Å². The van der Waals surface area contributed by atoms with Crippen LogP contribution in [0.5, 0.6) is 23.0 Å². The number of hydrogen-bond donors (Lipinski definition) is 1. The first-order chi connectivity index (χ1) is 25.9. The average molecular weight is 732 g/mol. The molecule has 3 aromatic carbocycles. The van der Waals surface area contributed by atoms with Crippen LogP contribution in [0, 0.1) is 0 Å². The Morgan fingerprint density at radius 3 is 2.40 bits per heavy atom. The molecule has 2 atom stereocenters. The van der Waals surface area contributed by atoms with Gasteiger partial charge in [-0.15, -0.1) is 11.3 Å². The molecule has 0 spiro atoms. The van der Waals surface area contributed by atoms with Gasteiger partial charge in [-0.1, -0.05) is 18.2 Å². The zero-order valence-electron chi connectivity index (χ0n) is 30.1. The zero-order chi connectivity index (χ0) is 36.9. The number of carbonyl (C=O) groups is 2. The second kappa shape index (κ2) is 15.8. The lowest BCUT2D eigenvalue weighted by Gasteiger charge is -2.19. The first kappa shape index (κ1) is 35.5. The van der Waals surface area contributed by atoms with Crippen molar-refractivity contribution in [2.24, 2.45) is 9.98 Å². The van der Waals surface area contributed by atoms with E-state index in [1.54, 1.807) is 47.6 Å². The molecule has 0 aliphatic carbocycles. The molecule has 3 aliphatic rings. The summed E-state index contributed by atoms with van der Waals surface area (Å²) in [6.45, 7) is 0.625.